The summed E-state index contributed by atoms with van der Waals surface area (Å²) in [5.74, 6) is -0.656. The number of aromatic nitrogens is 4. The van der Waals surface area contributed by atoms with Crippen molar-refractivity contribution in [3.05, 3.63) is 83.4 Å². The third-order valence-corrected chi connectivity index (χ3v) is 8.25. The fourth-order valence-corrected chi connectivity index (χ4v) is 5.88. The average molecular weight is 562 g/mol. The molecular formula is C30H30F3N7O. The number of hydrogen-bond donors (Lipinski definition) is 0. The Labute approximate surface area is 235 Å². The lowest BCUT2D eigenvalue weighted by atomic mass is 10.0. The number of anilines is 2. The van der Waals surface area contributed by atoms with Gasteiger partial charge in [0.2, 0.25) is 0 Å². The number of ether oxygens (including phenoxy) is 1. The second kappa shape index (κ2) is 10.8. The highest BCUT2D eigenvalue weighted by Crippen LogP contribution is 2.38. The SMILES string of the molecule is Fc1ccc(F)c([C@H]2C[C@H](F)CN2c2ccc3ncc(/C=C/c4ccc(N5CCN(C6COC6)CC5)cn4)n3n2)c1. The lowest BCUT2D eigenvalue weighted by molar-refractivity contribution is -0.0660. The smallest absolute Gasteiger partial charge is 0.154 e. The first kappa shape index (κ1) is 26.0. The van der Waals surface area contributed by atoms with Gasteiger partial charge in [0.25, 0.3) is 0 Å². The highest BCUT2D eigenvalue weighted by molar-refractivity contribution is 5.68. The number of halogens is 3. The zero-order chi connectivity index (χ0) is 27.9. The molecule has 11 heteroatoms. The molecule has 0 N–H and O–H groups in total. The van der Waals surface area contributed by atoms with E-state index in [2.05, 4.69) is 25.8 Å². The molecule has 3 aliphatic rings. The van der Waals surface area contributed by atoms with Gasteiger partial charge in [0.05, 0.1) is 61.3 Å². The van der Waals surface area contributed by atoms with Gasteiger partial charge < -0.3 is 14.5 Å². The summed E-state index contributed by atoms with van der Waals surface area (Å²) in [5, 5.41) is 4.70. The molecule has 0 bridgehead atoms. The fraction of sp³-hybridized carbons (Fsp3) is 0.367. The van der Waals surface area contributed by atoms with Gasteiger partial charge in [0, 0.05) is 38.2 Å². The van der Waals surface area contributed by atoms with E-state index in [1.54, 1.807) is 27.7 Å². The molecule has 0 amide bonds. The number of alkyl halides is 1. The molecule has 8 nitrogen and oxygen atoms in total. The van der Waals surface area contributed by atoms with E-state index in [1.807, 2.05) is 24.4 Å². The van der Waals surface area contributed by atoms with Crippen LogP contribution >= 0.6 is 0 Å². The van der Waals surface area contributed by atoms with Crippen molar-refractivity contribution in [2.24, 2.45) is 0 Å². The first-order valence-electron chi connectivity index (χ1n) is 13.9. The number of rotatable bonds is 6. The van der Waals surface area contributed by atoms with Crippen LogP contribution in [0, 0.1) is 11.6 Å². The molecule has 6 heterocycles. The molecule has 0 radical (unpaired) electrons. The third kappa shape index (κ3) is 5.15. The number of hydrogen-bond acceptors (Lipinski definition) is 7. The van der Waals surface area contributed by atoms with Gasteiger partial charge in [-0.3, -0.25) is 9.88 Å². The maximum atomic E-state index is 14.6. The first-order valence-corrected chi connectivity index (χ1v) is 13.9. The quantitative estimate of drug-likeness (QED) is 0.346. The summed E-state index contributed by atoms with van der Waals surface area (Å²) in [4.78, 5) is 15.6. The van der Waals surface area contributed by atoms with Crippen molar-refractivity contribution in [1.29, 1.82) is 0 Å². The minimum atomic E-state index is -1.18. The highest BCUT2D eigenvalue weighted by atomic mass is 19.1. The molecule has 2 atom stereocenters. The number of fused-ring (bicyclic) bond motifs is 1. The number of imidazole rings is 1. The van der Waals surface area contributed by atoms with Crippen LogP contribution in [0.1, 0.15) is 29.4 Å². The van der Waals surface area contributed by atoms with Gasteiger partial charge in [-0.15, -0.1) is 5.10 Å². The standard InChI is InChI=1S/C30H30F3N7O/c31-20-1-6-27(33)26(13-20)28-14-21(32)17-39(28)30-8-7-29-35-16-24(40(29)36-30)5-3-22-2-4-23(15-34-22)37-9-11-38(12-10-37)25-18-41-19-25/h1-8,13,15-16,21,25,28H,9-12,14,17-19H2/b5-3+/t21-,28+/m0/s1. The Bertz CT molecular complexity index is 1560. The van der Waals surface area contributed by atoms with E-state index >= 15 is 0 Å². The van der Waals surface area contributed by atoms with Gasteiger partial charge in [0.1, 0.15) is 23.6 Å². The van der Waals surface area contributed by atoms with Crippen molar-refractivity contribution in [1.82, 2.24) is 24.5 Å². The zero-order valence-electron chi connectivity index (χ0n) is 22.4. The number of benzene rings is 1. The van der Waals surface area contributed by atoms with Crippen molar-refractivity contribution in [3.63, 3.8) is 0 Å². The van der Waals surface area contributed by atoms with E-state index in [0.717, 1.165) is 69.0 Å². The number of piperazine rings is 1. The minimum absolute atomic E-state index is 0.0410. The Morgan fingerprint density at radius 1 is 0.902 bits per heavy atom. The summed E-state index contributed by atoms with van der Waals surface area (Å²) in [6.07, 6.45) is 6.26. The van der Waals surface area contributed by atoms with Gasteiger partial charge >= 0.3 is 0 Å². The van der Waals surface area contributed by atoms with Crippen molar-refractivity contribution < 1.29 is 17.9 Å². The summed E-state index contributed by atoms with van der Waals surface area (Å²) in [5.41, 5.74) is 3.37. The van der Waals surface area contributed by atoms with E-state index in [9.17, 15) is 13.2 Å². The van der Waals surface area contributed by atoms with Gasteiger partial charge in [-0.25, -0.2) is 22.7 Å². The van der Waals surface area contributed by atoms with Crippen LogP contribution in [0.4, 0.5) is 24.7 Å². The second-order valence-corrected chi connectivity index (χ2v) is 10.8. The van der Waals surface area contributed by atoms with Crippen molar-refractivity contribution >= 4 is 29.3 Å². The molecule has 1 aromatic carbocycles. The molecule has 3 aromatic heterocycles. The number of nitrogens with zero attached hydrogens (tertiary/aromatic N) is 7. The molecule has 41 heavy (non-hydrogen) atoms. The zero-order valence-corrected chi connectivity index (χ0v) is 22.4. The maximum Gasteiger partial charge on any atom is 0.154 e. The third-order valence-electron chi connectivity index (χ3n) is 8.25. The molecule has 212 valence electrons. The highest BCUT2D eigenvalue weighted by Gasteiger charge is 2.36. The van der Waals surface area contributed by atoms with Crippen LogP contribution in [0.2, 0.25) is 0 Å². The summed E-state index contributed by atoms with van der Waals surface area (Å²) >= 11 is 0. The van der Waals surface area contributed by atoms with Gasteiger partial charge in [-0.05, 0) is 54.6 Å². The van der Waals surface area contributed by atoms with Crippen LogP contribution in [-0.4, -0.2) is 82.6 Å². The van der Waals surface area contributed by atoms with E-state index in [-0.39, 0.29) is 18.5 Å². The molecule has 0 aliphatic carbocycles. The lowest BCUT2D eigenvalue weighted by Gasteiger charge is -2.43. The predicted octanol–water partition coefficient (Wildman–Crippen LogP) is 4.38. The van der Waals surface area contributed by atoms with Gasteiger partial charge in [-0.1, -0.05) is 0 Å². The molecule has 4 aromatic rings. The van der Waals surface area contributed by atoms with Crippen molar-refractivity contribution in [2.45, 2.75) is 24.7 Å². The van der Waals surface area contributed by atoms with Crippen LogP contribution in [0.15, 0.2) is 54.9 Å². The van der Waals surface area contributed by atoms with Crippen LogP contribution in [-0.2, 0) is 4.74 Å². The van der Waals surface area contributed by atoms with E-state index < -0.39 is 23.8 Å². The second-order valence-electron chi connectivity index (χ2n) is 10.8. The Kier molecular flexibility index (Phi) is 6.83. The maximum absolute atomic E-state index is 14.6. The molecular weight excluding hydrogens is 531 g/mol. The summed E-state index contributed by atoms with van der Waals surface area (Å²) in [7, 11) is 0. The first-order chi connectivity index (χ1) is 20.0. The Morgan fingerprint density at radius 2 is 1.76 bits per heavy atom. The molecule has 0 saturated carbocycles. The fourth-order valence-electron chi connectivity index (χ4n) is 5.88. The van der Waals surface area contributed by atoms with Gasteiger partial charge in [0.15, 0.2) is 5.65 Å². The van der Waals surface area contributed by atoms with Crippen LogP contribution < -0.4 is 9.80 Å². The van der Waals surface area contributed by atoms with E-state index in [1.165, 1.54) is 0 Å². The summed E-state index contributed by atoms with van der Waals surface area (Å²) < 4.78 is 50.0. The van der Waals surface area contributed by atoms with E-state index in [0.29, 0.717) is 23.2 Å². The Balaban J connectivity index is 1.08. The molecule has 3 aliphatic heterocycles. The topological polar surface area (TPSA) is 62.0 Å². The Morgan fingerprint density at radius 3 is 2.51 bits per heavy atom. The van der Waals surface area contributed by atoms with Crippen molar-refractivity contribution in [3.8, 4) is 0 Å². The van der Waals surface area contributed by atoms with Crippen LogP contribution in [0.3, 0.4) is 0 Å². The summed E-state index contributed by atoms with van der Waals surface area (Å²) in [6.45, 7) is 5.72. The molecule has 3 fully saturated rings. The molecule has 0 spiro atoms. The Hall–Kier alpha value is -3.96. The lowest BCUT2D eigenvalue weighted by Crippen LogP contribution is -2.56. The van der Waals surface area contributed by atoms with Crippen LogP contribution in [0.5, 0.6) is 0 Å². The van der Waals surface area contributed by atoms with E-state index in [4.69, 9.17) is 9.84 Å². The number of pyridine rings is 1. The van der Waals surface area contributed by atoms with Crippen molar-refractivity contribution in [2.75, 3.05) is 55.7 Å². The summed E-state index contributed by atoms with van der Waals surface area (Å²) in [6, 6.07) is 10.8. The monoisotopic (exact) mass is 561 g/mol. The largest absolute Gasteiger partial charge is 0.378 e. The van der Waals surface area contributed by atoms with Gasteiger partial charge in [-0.2, -0.15) is 0 Å². The van der Waals surface area contributed by atoms with Crippen LogP contribution in [0.25, 0.3) is 17.8 Å². The average Bonchev–Trinajstić information content (AvgIpc) is 3.55. The molecule has 3 saturated heterocycles. The minimum Gasteiger partial charge on any atom is -0.378 e. The normalized spacial score (nSPS) is 22.2. The molecule has 0 unspecified atom stereocenters. The molecule has 7 rings (SSSR count). The predicted molar refractivity (Wildman–Crippen MR) is 151 cm³/mol.